The molecule has 1 saturated heterocycles. The van der Waals surface area contributed by atoms with Crippen molar-refractivity contribution >= 4 is 41.1 Å². The molecule has 1 fully saturated rings. The molecule has 0 saturated carbocycles. The van der Waals surface area contributed by atoms with Gasteiger partial charge in [0.25, 0.3) is 11.8 Å². The number of pyridine rings is 1. The Morgan fingerprint density at radius 3 is 2.40 bits per heavy atom. The van der Waals surface area contributed by atoms with Crippen molar-refractivity contribution in [2.75, 3.05) is 31.1 Å². The van der Waals surface area contributed by atoms with Crippen LogP contribution in [0.2, 0.25) is 5.02 Å². The highest BCUT2D eigenvalue weighted by Crippen LogP contribution is 2.33. The number of hydrogen-bond donors (Lipinski definition) is 0. The lowest BCUT2D eigenvalue weighted by Crippen LogP contribution is -2.48. The van der Waals surface area contributed by atoms with Crippen LogP contribution in [-0.2, 0) is 11.3 Å². The second-order valence-corrected chi connectivity index (χ2v) is 8.83. The number of aromatic nitrogens is 1. The first kappa shape index (κ1) is 22.8. The van der Waals surface area contributed by atoms with E-state index in [0.29, 0.717) is 42.3 Å². The summed E-state index contributed by atoms with van der Waals surface area (Å²) < 4.78 is 0. The molecule has 8 heteroatoms. The first-order chi connectivity index (χ1) is 17.0. The Morgan fingerprint density at radius 2 is 1.66 bits per heavy atom. The lowest BCUT2D eigenvalue weighted by atomic mass is 10.1. The SMILES string of the molecule is O=C(/C=C/c1ccccc1Cl)N1CCN(c2cccc3c2C(=O)N(Cc2ccncc2)C3=O)CC1. The zero-order valence-electron chi connectivity index (χ0n) is 18.9. The number of hydrogen-bond acceptors (Lipinski definition) is 5. The number of halogens is 1. The second kappa shape index (κ2) is 9.72. The van der Waals surface area contributed by atoms with Gasteiger partial charge in [0, 0.05) is 49.7 Å². The summed E-state index contributed by atoms with van der Waals surface area (Å²) in [6.07, 6.45) is 6.55. The van der Waals surface area contributed by atoms with Crippen LogP contribution in [0.5, 0.6) is 0 Å². The second-order valence-electron chi connectivity index (χ2n) is 8.42. The topological polar surface area (TPSA) is 73.8 Å². The van der Waals surface area contributed by atoms with Crippen molar-refractivity contribution in [3.05, 3.63) is 100 Å². The van der Waals surface area contributed by atoms with E-state index in [2.05, 4.69) is 9.88 Å². The largest absolute Gasteiger partial charge is 0.367 e. The monoisotopic (exact) mass is 486 g/mol. The van der Waals surface area contributed by atoms with Crippen molar-refractivity contribution < 1.29 is 14.4 Å². The fourth-order valence-corrected chi connectivity index (χ4v) is 4.64. The molecule has 0 N–H and O–H groups in total. The van der Waals surface area contributed by atoms with Crippen LogP contribution in [0, 0.1) is 0 Å². The van der Waals surface area contributed by atoms with Gasteiger partial charge in [-0.25, -0.2) is 0 Å². The van der Waals surface area contributed by atoms with Gasteiger partial charge in [-0.05, 0) is 47.5 Å². The van der Waals surface area contributed by atoms with Crippen LogP contribution in [0.25, 0.3) is 6.08 Å². The summed E-state index contributed by atoms with van der Waals surface area (Å²) in [7, 11) is 0. The van der Waals surface area contributed by atoms with E-state index in [1.54, 1.807) is 53.7 Å². The van der Waals surface area contributed by atoms with Crippen LogP contribution in [-0.4, -0.2) is 58.7 Å². The molecule has 2 aliphatic heterocycles. The summed E-state index contributed by atoms with van der Waals surface area (Å²) in [5.41, 5.74) is 3.22. The van der Waals surface area contributed by atoms with Crippen molar-refractivity contribution in [3.63, 3.8) is 0 Å². The third-order valence-corrected chi connectivity index (χ3v) is 6.65. The molecule has 3 amide bonds. The highest BCUT2D eigenvalue weighted by atomic mass is 35.5. The molecule has 0 unspecified atom stereocenters. The molecule has 35 heavy (non-hydrogen) atoms. The summed E-state index contributed by atoms with van der Waals surface area (Å²) in [5.74, 6) is -0.668. The predicted octanol–water partition coefficient (Wildman–Crippen LogP) is 3.89. The van der Waals surface area contributed by atoms with E-state index in [4.69, 9.17) is 11.6 Å². The highest BCUT2D eigenvalue weighted by molar-refractivity contribution is 6.32. The number of piperazine rings is 1. The summed E-state index contributed by atoms with van der Waals surface area (Å²) in [6, 6.07) is 16.3. The van der Waals surface area contributed by atoms with Gasteiger partial charge in [0.15, 0.2) is 0 Å². The molecule has 1 aromatic heterocycles. The molecule has 7 nitrogen and oxygen atoms in total. The van der Waals surface area contributed by atoms with Gasteiger partial charge >= 0.3 is 0 Å². The van der Waals surface area contributed by atoms with Gasteiger partial charge in [-0.15, -0.1) is 0 Å². The first-order valence-electron chi connectivity index (χ1n) is 11.4. The number of anilines is 1. The number of rotatable bonds is 5. The Morgan fingerprint density at radius 1 is 0.914 bits per heavy atom. The van der Waals surface area contributed by atoms with Gasteiger partial charge in [0.05, 0.1) is 23.4 Å². The highest BCUT2D eigenvalue weighted by Gasteiger charge is 2.38. The minimum absolute atomic E-state index is 0.0855. The third-order valence-electron chi connectivity index (χ3n) is 6.31. The molecule has 176 valence electrons. The average Bonchev–Trinajstić information content (AvgIpc) is 3.13. The van der Waals surface area contributed by atoms with Crippen molar-refractivity contribution in [2.45, 2.75) is 6.54 Å². The predicted molar refractivity (Wildman–Crippen MR) is 134 cm³/mol. The average molecular weight is 487 g/mol. The Kier molecular flexibility index (Phi) is 6.33. The molecule has 5 rings (SSSR count). The fourth-order valence-electron chi connectivity index (χ4n) is 4.44. The summed E-state index contributed by atoms with van der Waals surface area (Å²) in [6.45, 7) is 2.35. The smallest absolute Gasteiger partial charge is 0.263 e. The number of fused-ring (bicyclic) bond motifs is 1. The van der Waals surface area contributed by atoms with E-state index < -0.39 is 0 Å². The molecular weight excluding hydrogens is 464 g/mol. The summed E-state index contributed by atoms with van der Waals surface area (Å²) in [4.78, 5) is 48.1. The van der Waals surface area contributed by atoms with E-state index in [1.165, 1.54) is 11.0 Å². The molecule has 0 bridgehead atoms. The minimum atomic E-state index is -0.293. The molecule has 2 aliphatic rings. The van der Waals surface area contributed by atoms with E-state index in [1.807, 2.05) is 24.3 Å². The summed E-state index contributed by atoms with van der Waals surface area (Å²) >= 11 is 6.16. The lowest BCUT2D eigenvalue weighted by molar-refractivity contribution is -0.126. The molecule has 0 radical (unpaired) electrons. The quantitative estimate of drug-likeness (QED) is 0.404. The number of carbonyl (C=O) groups excluding carboxylic acids is 3. The molecule has 0 spiro atoms. The Balaban J connectivity index is 1.28. The van der Waals surface area contributed by atoms with Crippen molar-refractivity contribution in [1.82, 2.24) is 14.8 Å². The normalized spacial score (nSPS) is 15.7. The Hall–Kier alpha value is -3.97. The van der Waals surface area contributed by atoms with Crippen LogP contribution >= 0.6 is 11.6 Å². The standard InChI is InChI=1S/C27H23ClN4O3/c28-22-6-2-1-4-20(22)8-9-24(33)31-16-14-30(15-17-31)23-7-3-5-21-25(23)27(35)32(26(21)34)18-19-10-12-29-13-11-19/h1-13H,14-18H2/b9-8+. The molecule has 0 aliphatic carbocycles. The minimum Gasteiger partial charge on any atom is -0.367 e. The number of nitrogens with zero attached hydrogens (tertiary/aromatic N) is 4. The van der Waals surface area contributed by atoms with Crippen LogP contribution in [0.4, 0.5) is 5.69 Å². The Labute approximate surface area is 208 Å². The zero-order valence-corrected chi connectivity index (χ0v) is 19.7. The molecule has 0 atom stereocenters. The van der Waals surface area contributed by atoms with Gasteiger partial charge in [-0.2, -0.15) is 0 Å². The lowest BCUT2D eigenvalue weighted by Gasteiger charge is -2.36. The van der Waals surface area contributed by atoms with Crippen LogP contribution in [0.3, 0.4) is 0 Å². The first-order valence-corrected chi connectivity index (χ1v) is 11.8. The molecule has 3 aromatic rings. The maximum Gasteiger partial charge on any atom is 0.263 e. The van der Waals surface area contributed by atoms with Crippen LogP contribution < -0.4 is 4.90 Å². The molecule has 2 aromatic carbocycles. The van der Waals surface area contributed by atoms with Gasteiger partial charge < -0.3 is 9.80 Å². The summed E-state index contributed by atoms with van der Waals surface area (Å²) in [5, 5.41) is 0.594. The number of carbonyl (C=O) groups is 3. The van der Waals surface area contributed by atoms with Gasteiger partial charge in [-0.3, -0.25) is 24.3 Å². The van der Waals surface area contributed by atoms with Crippen LogP contribution in [0.1, 0.15) is 31.8 Å². The van der Waals surface area contributed by atoms with E-state index in [0.717, 1.165) is 16.8 Å². The van der Waals surface area contributed by atoms with Crippen molar-refractivity contribution in [2.24, 2.45) is 0 Å². The van der Waals surface area contributed by atoms with Crippen molar-refractivity contribution in [3.8, 4) is 0 Å². The molecule has 3 heterocycles. The molecular formula is C27H23ClN4O3. The fraction of sp³-hybridized carbons (Fsp3) is 0.185. The maximum absolute atomic E-state index is 13.3. The zero-order chi connectivity index (χ0) is 24.4. The van der Waals surface area contributed by atoms with Gasteiger partial charge in [0.2, 0.25) is 5.91 Å². The number of amides is 3. The van der Waals surface area contributed by atoms with Gasteiger partial charge in [-0.1, -0.05) is 35.9 Å². The third kappa shape index (κ3) is 4.55. The Bertz CT molecular complexity index is 1320. The maximum atomic E-state index is 13.3. The number of benzene rings is 2. The van der Waals surface area contributed by atoms with Crippen LogP contribution in [0.15, 0.2) is 73.1 Å². The van der Waals surface area contributed by atoms with Crippen molar-refractivity contribution in [1.29, 1.82) is 0 Å². The van der Waals surface area contributed by atoms with Gasteiger partial charge in [0.1, 0.15) is 0 Å². The van der Waals surface area contributed by atoms with E-state index in [9.17, 15) is 14.4 Å². The van der Waals surface area contributed by atoms with E-state index in [-0.39, 0.29) is 24.3 Å². The number of imide groups is 1. The van der Waals surface area contributed by atoms with E-state index >= 15 is 0 Å².